The molecule has 0 radical (unpaired) electrons. The molecular weight excluding hydrogens is 314 g/mol. The number of carbonyl (C=O) groups is 1. The molecule has 25 heavy (non-hydrogen) atoms. The molecule has 0 bridgehead atoms. The van der Waals surface area contributed by atoms with Crippen molar-refractivity contribution in [1.29, 1.82) is 0 Å². The van der Waals surface area contributed by atoms with Gasteiger partial charge in [0.15, 0.2) is 5.76 Å². The third kappa shape index (κ3) is 3.61. The Balaban J connectivity index is 1.29. The summed E-state index contributed by atoms with van der Waals surface area (Å²) in [6, 6.07) is 9.65. The SMILES string of the molecule is O=C(c1ccco1)N1CCC2(CCN(Cc3ccccn3)CC2)CC1. The van der Waals surface area contributed by atoms with Gasteiger partial charge < -0.3 is 9.32 Å². The van der Waals surface area contributed by atoms with Crippen LogP contribution in [0.4, 0.5) is 0 Å². The Bertz CT molecular complexity index is 681. The van der Waals surface area contributed by atoms with Gasteiger partial charge in [-0.15, -0.1) is 0 Å². The number of rotatable bonds is 3. The molecule has 2 aliphatic heterocycles. The number of nitrogens with zero attached hydrogens (tertiary/aromatic N) is 3. The van der Waals surface area contributed by atoms with Crippen LogP contribution >= 0.6 is 0 Å². The zero-order valence-electron chi connectivity index (χ0n) is 14.6. The van der Waals surface area contributed by atoms with E-state index in [9.17, 15) is 4.79 Å². The van der Waals surface area contributed by atoms with Crippen LogP contribution in [-0.2, 0) is 6.54 Å². The molecular formula is C20H25N3O2. The lowest BCUT2D eigenvalue weighted by atomic mass is 9.71. The van der Waals surface area contributed by atoms with Gasteiger partial charge in [0.05, 0.1) is 12.0 Å². The van der Waals surface area contributed by atoms with Crippen molar-refractivity contribution >= 4 is 5.91 Å². The number of piperidine rings is 2. The van der Waals surface area contributed by atoms with Crippen LogP contribution in [0.15, 0.2) is 47.2 Å². The van der Waals surface area contributed by atoms with Gasteiger partial charge in [-0.05, 0) is 68.5 Å². The van der Waals surface area contributed by atoms with Crippen molar-refractivity contribution in [1.82, 2.24) is 14.8 Å². The van der Waals surface area contributed by atoms with Crippen molar-refractivity contribution < 1.29 is 9.21 Å². The molecule has 1 amide bonds. The van der Waals surface area contributed by atoms with E-state index < -0.39 is 0 Å². The van der Waals surface area contributed by atoms with Crippen molar-refractivity contribution in [3.8, 4) is 0 Å². The summed E-state index contributed by atoms with van der Waals surface area (Å²) in [4.78, 5) is 21.3. The van der Waals surface area contributed by atoms with E-state index in [-0.39, 0.29) is 5.91 Å². The zero-order valence-corrected chi connectivity index (χ0v) is 14.6. The summed E-state index contributed by atoms with van der Waals surface area (Å²) in [7, 11) is 0. The van der Waals surface area contributed by atoms with Crippen LogP contribution in [0.2, 0.25) is 0 Å². The quantitative estimate of drug-likeness (QED) is 0.862. The third-order valence-electron chi connectivity index (χ3n) is 5.87. The predicted molar refractivity (Wildman–Crippen MR) is 95.0 cm³/mol. The molecule has 0 saturated carbocycles. The lowest BCUT2D eigenvalue weighted by molar-refractivity contribution is 0.0267. The molecule has 0 aromatic carbocycles. The number of hydrogen-bond acceptors (Lipinski definition) is 4. The molecule has 0 unspecified atom stereocenters. The highest BCUT2D eigenvalue weighted by Gasteiger charge is 2.38. The minimum Gasteiger partial charge on any atom is -0.459 e. The highest BCUT2D eigenvalue weighted by Crippen LogP contribution is 2.41. The number of amides is 1. The third-order valence-corrected chi connectivity index (χ3v) is 5.87. The van der Waals surface area contributed by atoms with E-state index in [1.807, 2.05) is 17.2 Å². The lowest BCUT2D eigenvalue weighted by Crippen LogP contribution is -2.48. The fourth-order valence-corrected chi connectivity index (χ4v) is 4.15. The van der Waals surface area contributed by atoms with E-state index in [2.05, 4.69) is 22.0 Å². The van der Waals surface area contributed by atoms with Crippen LogP contribution in [0.5, 0.6) is 0 Å². The highest BCUT2D eigenvalue weighted by molar-refractivity contribution is 5.91. The second kappa shape index (κ2) is 7.00. The zero-order chi connectivity index (χ0) is 17.1. The standard InChI is InChI=1S/C20H25N3O2/c24-19(18-5-3-15-25-18)23-13-8-20(9-14-23)6-11-22(12-7-20)16-17-4-1-2-10-21-17/h1-5,10,15H,6-9,11-14,16H2. The molecule has 2 aromatic heterocycles. The highest BCUT2D eigenvalue weighted by atomic mass is 16.3. The van der Waals surface area contributed by atoms with Gasteiger partial charge in [0.1, 0.15) is 0 Å². The molecule has 4 rings (SSSR count). The van der Waals surface area contributed by atoms with Crippen molar-refractivity contribution in [3.63, 3.8) is 0 Å². The Labute approximate surface area is 148 Å². The minimum absolute atomic E-state index is 0.0347. The molecule has 5 nitrogen and oxygen atoms in total. The van der Waals surface area contributed by atoms with E-state index in [1.54, 1.807) is 18.4 Å². The fraction of sp³-hybridized carbons (Fsp3) is 0.500. The van der Waals surface area contributed by atoms with Gasteiger partial charge >= 0.3 is 0 Å². The van der Waals surface area contributed by atoms with Crippen molar-refractivity contribution in [3.05, 3.63) is 54.2 Å². The molecule has 2 aromatic rings. The minimum atomic E-state index is 0.0347. The molecule has 2 saturated heterocycles. The summed E-state index contributed by atoms with van der Waals surface area (Å²) in [5.41, 5.74) is 1.57. The predicted octanol–water partition coefficient (Wildman–Crippen LogP) is 3.19. The summed E-state index contributed by atoms with van der Waals surface area (Å²) < 4.78 is 5.25. The van der Waals surface area contributed by atoms with Gasteiger partial charge in [-0.3, -0.25) is 14.7 Å². The number of likely N-dealkylation sites (tertiary alicyclic amines) is 2. The van der Waals surface area contributed by atoms with Gasteiger partial charge in [-0.2, -0.15) is 0 Å². The smallest absolute Gasteiger partial charge is 0.289 e. The number of carbonyl (C=O) groups excluding carboxylic acids is 1. The first-order valence-corrected chi connectivity index (χ1v) is 9.19. The molecule has 5 heteroatoms. The maximum Gasteiger partial charge on any atom is 0.289 e. The number of pyridine rings is 1. The average Bonchev–Trinajstić information content (AvgIpc) is 3.20. The van der Waals surface area contributed by atoms with Crippen LogP contribution in [0.3, 0.4) is 0 Å². The van der Waals surface area contributed by atoms with Gasteiger partial charge in [-0.1, -0.05) is 6.07 Å². The molecule has 2 aliphatic rings. The van der Waals surface area contributed by atoms with Crippen LogP contribution < -0.4 is 0 Å². The van der Waals surface area contributed by atoms with Crippen molar-refractivity contribution in [2.24, 2.45) is 5.41 Å². The normalized spacial score (nSPS) is 20.7. The Kier molecular flexibility index (Phi) is 4.57. The molecule has 1 spiro atoms. The maximum absolute atomic E-state index is 12.4. The van der Waals surface area contributed by atoms with Crippen LogP contribution in [-0.4, -0.2) is 46.9 Å². The van der Waals surface area contributed by atoms with E-state index in [0.717, 1.165) is 51.3 Å². The Morgan fingerprint density at radius 1 is 1.04 bits per heavy atom. The average molecular weight is 339 g/mol. The van der Waals surface area contributed by atoms with Crippen LogP contribution in [0.25, 0.3) is 0 Å². The first-order valence-electron chi connectivity index (χ1n) is 9.19. The van der Waals surface area contributed by atoms with Crippen LogP contribution in [0, 0.1) is 5.41 Å². The van der Waals surface area contributed by atoms with Crippen LogP contribution in [0.1, 0.15) is 41.9 Å². The molecule has 2 fully saturated rings. The first-order chi connectivity index (χ1) is 12.2. The first kappa shape index (κ1) is 16.3. The molecule has 4 heterocycles. The summed E-state index contributed by atoms with van der Waals surface area (Å²) >= 11 is 0. The molecule has 132 valence electrons. The van der Waals surface area contributed by atoms with Gasteiger partial charge in [0, 0.05) is 25.8 Å². The lowest BCUT2D eigenvalue weighted by Gasteiger charge is -2.46. The van der Waals surface area contributed by atoms with Gasteiger partial charge in [0.2, 0.25) is 0 Å². The number of aromatic nitrogens is 1. The van der Waals surface area contributed by atoms with Gasteiger partial charge in [-0.25, -0.2) is 0 Å². The summed E-state index contributed by atoms with van der Waals surface area (Å²) in [6.45, 7) is 4.89. The van der Waals surface area contributed by atoms with E-state index >= 15 is 0 Å². The Morgan fingerprint density at radius 2 is 1.80 bits per heavy atom. The van der Waals surface area contributed by atoms with E-state index in [4.69, 9.17) is 4.42 Å². The summed E-state index contributed by atoms with van der Waals surface area (Å²) in [5.74, 6) is 0.494. The molecule has 0 N–H and O–H groups in total. The second-order valence-corrected chi connectivity index (χ2v) is 7.37. The molecule has 0 atom stereocenters. The second-order valence-electron chi connectivity index (χ2n) is 7.37. The maximum atomic E-state index is 12.4. The largest absolute Gasteiger partial charge is 0.459 e. The summed E-state index contributed by atoms with van der Waals surface area (Å²) in [5, 5.41) is 0. The topological polar surface area (TPSA) is 49.6 Å². The van der Waals surface area contributed by atoms with E-state index in [1.165, 1.54) is 12.8 Å². The fourth-order valence-electron chi connectivity index (χ4n) is 4.15. The number of hydrogen-bond donors (Lipinski definition) is 0. The monoisotopic (exact) mass is 339 g/mol. The Hall–Kier alpha value is -2.14. The van der Waals surface area contributed by atoms with Gasteiger partial charge in [0.25, 0.3) is 5.91 Å². The molecule has 0 aliphatic carbocycles. The Morgan fingerprint density at radius 3 is 2.44 bits per heavy atom. The van der Waals surface area contributed by atoms with Crippen molar-refractivity contribution in [2.75, 3.05) is 26.2 Å². The summed E-state index contributed by atoms with van der Waals surface area (Å²) in [6.07, 6.45) is 8.10. The van der Waals surface area contributed by atoms with E-state index in [0.29, 0.717) is 11.2 Å². The number of furan rings is 1. The van der Waals surface area contributed by atoms with Crippen molar-refractivity contribution in [2.45, 2.75) is 32.2 Å².